The minimum atomic E-state index is -0.140. The van der Waals surface area contributed by atoms with Gasteiger partial charge >= 0.3 is 0 Å². The van der Waals surface area contributed by atoms with E-state index in [1.54, 1.807) is 0 Å². The van der Waals surface area contributed by atoms with Crippen LogP contribution in [0.4, 0.5) is 0 Å². The first kappa shape index (κ1) is 16.3. The minimum Gasteiger partial charge on any atom is -0.340 e. The Morgan fingerprint density at radius 2 is 1.95 bits per heavy atom. The fourth-order valence-electron chi connectivity index (χ4n) is 3.67. The number of nitrogens with zero attached hydrogens (tertiary/aromatic N) is 3. The van der Waals surface area contributed by atoms with Crippen molar-refractivity contribution in [1.29, 1.82) is 0 Å². The molecule has 0 aromatic rings. The summed E-state index contributed by atoms with van der Waals surface area (Å²) in [7, 11) is 4.17. The summed E-state index contributed by atoms with van der Waals surface area (Å²) in [5.74, 6) is 0.702. The van der Waals surface area contributed by atoms with Gasteiger partial charge < -0.3 is 14.7 Å². The maximum Gasteiger partial charge on any atom is 0.228 e. The van der Waals surface area contributed by atoms with Gasteiger partial charge in [-0.05, 0) is 33.9 Å². The van der Waals surface area contributed by atoms with Crippen molar-refractivity contribution in [3.8, 4) is 0 Å². The lowest BCUT2D eigenvalue weighted by Gasteiger charge is -2.24. The largest absolute Gasteiger partial charge is 0.340 e. The predicted octanol–water partition coefficient (Wildman–Crippen LogP) is 1.04. The average Bonchev–Trinajstić information content (AvgIpc) is 3.01. The molecule has 2 heterocycles. The molecule has 0 bridgehead atoms. The summed E-state index contributed by atoms with van der Waals surface area (Å²) in [6.07, 6.45) is 1.48. The number of hydrogen-bond donors (Lipinski definition) is 0. The highest BCUT2D eigenvalue weighted by Crippen LogP contribution is 2.28. The lowest BCUT2D eigenvalue weighted by Crippen LogP contribution is -2.39. The van der Waals surface area contributed by atoms with E-state index in [9.17, 15) is 9.59 Å². The van der Waals surface area contributed by atoms with Gasteiger partial charge in [-0.3, -0.25) is 9.59 Å². The van der Waals surface area contributed by atoms with E-state index in [0.717, 1.165) is 19.5 Å². The summed E-state index contributed by atoms with van der Waals surface area (Å²) in [4.78, 5) is 30.7. The van der Waals surface area contributed by atoms with Crippen LogP contribution >= 0.6 is 0 Å². The van der Waals surface area contributed by atoms with Gasteiger partial charge in [0.1, 0.15) is 0 Å². The molecule has 2 amide bonds. The van der Waals surface area contributed by atoms with Crippen LogP contribution in [0.1, 0.15) is 33.6 Å². The molecule has 3 unspecified atom stereocenters. The molecule has 2 fully saturated rings. The Bertz CT molecular complexity index is 408. The number of amides is 2. The topological polar surface area (TPSA) is 43.9 Å². The average molecular weight is 295 g/mol. The Labute approximate surface area is 128 Å². The zero-order valence-corrected chi connectivity index (χ0v) is 14.0. The lowest BCUT2D eigenvalue weighted by atomic mass is 10.0. The number of carbonyl (C=O) groups is 2. The molecule has 2 aliphatic rings. The van der Waals surface area contributed by atoms with E-state index in [0.29, 0.717) is 24.9 Å². The van der Waals surface area contributed by atoms with E-state index in [1.165, 1.54) is 0 Å². The van der Waals surface area contributed by atoms with E-state index in [4.69, 9.17) is 0 Å². The molecule has 120 valence electrons. The first-order chi connectivity index (χ1) is 9.85. The van der Waals surface area contributed by atoms with Crippen LogP contribution in [0.15, 0.2) is 0 Å². The van der Waals surface area contributed by atoms with Gasteiger partial charge in [0.25, 0.3) is 0 Å². The zero-order valence-electron chi connectivity index (χ0n) is 14.0. The SMILES string of the molecule is CCC1CN(C(=O)C2CC(=O)N(C(C)C)C2)CC1N(C)C. The monoisotopic (exact) mass is 295 g/mol. The van der Waals surface area contributed by atoms with Crippen LogP contribution in [0.5, 0.6) is 0 Å². The van der Waals surface area contributed by atoms with E-state index in [2.05, 4.69) is 25.9 Å². The summed E-state index contributed by atoms with van der Waals surface area (Å²) < 4.78 is 0. The van der Waals surface area contributed by atoms with Crippen molar-refractivity contribution in [2.24, 2.45) is 11.8 Å². The van der Waals surface area contributed by atoms with E-state index in [1.807, 2.05) is 23.6 Å². The van der Waals surface area contributed by atoms with Crippen molar-refractivity contribution < 1.29 is 9.59 Å². The predicted molar refractivity (Wildman–Crippen MR) is 82.8 cm³/mol. The molecular formula is C16H29N3O2. The van der Waals surface area contributed by atoms with Gasteiger partial charge in [0.05, 0.1) is 5.92 Å². The smallest absolute Gasteiger partial charge is 0.228 e. The zero-order chi connectivity index (χ0) is 15.7. The van der Waals surface area contributed by atoms with Gasteiger partial charge in [-0.25, -0.2) is 0 Å². The molecule has 3 atom stereocenters. The fraction of sp³-hybridized carbons (Fsp3) is 0.875. The van der Waals surface area contributed by atoms with Crippen LogP contribution in [-0.4, -0.2) is 72.3 Å². The van der Waals surface area contributed by atoms with Crippen LogP contribution in [-0.2, 0) is 9.59 Å². The van der Waals surface area contributed by atoms with Gasteiger partial charge in [-0.15, -0.1) is 0 Å². The van der Waals surface area contributed by atoms with Crippen LogP contribution in [0.25, 0.3) is 0 Å². The molecule has 5 nitrogen and oxygen atoms in total. The van der Waals surface area contributed by atoms with Crippen LogP contribution in [0.3, 0.4) is 0 Å². The molecule has 0 aromatic heterocycles. The minimum absolute atomic E-state index is 0.124. The van der Waals surface area contributed by atoms with Crippen molar-refractivity contribution in [1.82, 2.24) is 14.7 Å². The number of likely N-dealkylation sites (N-methyl/N-ethyl adjacent to an activating group) is 1. The van der Waals surface area contributed by atoms with Crippen molar-refractivity contribution in [2.75, 3.05) is 33.7 Å². The van der Waals surface area contributed by atoms with E-state index in [-0.39, 0.29) is 23.8 Å². The summed E-state index contributed by atoms with van der Waals surface area (Å²) in [5.41, 5.74) is 0. The summed E-state index contributed by atoms with van der Waals surface area (Å²) in [6, 6.07) is 0.629. The van der Waals surface area contributed by atoms with Crippen molar-refractivity contribution in [3.05, 3.63) is 0 Å². The highest BCUT2D eigenvalue weighted by molar-refractivity contribution is 5.89. The first-order valence-corrected chi connectivity index (χ1v) is 8.09. The lowest BCUT2D eigenvalue weighted by molar-refractivity contribution is -0.135. The molecule has 0 aromatic carbocycles. The molecule has 2 saturated heterocycles. The standard InChI is InChI=1S/C16H29N3O2/c1-6-12-8-18(10-14(12)17(4)5)16(21)13-7-15(20)19(9-13)11(2)3/h11-14H,6-10H2,1-5H3. The van der Waals surface area contributed by atoms with Gasteiger partial charge in [0.2, 0.25) is 11.8 Å². The molecule has 21 heavy (non-hydrogen) atoms. The first-order valence-electron chi connectivity index (χ1n) is 8.09. The van der Waals surface area contributed by atoms with Crippen LogP contribution in [0.2, 0.25) is 0 Å². The van der Waals surface area contributed by atoms with Crippen molar-refractivity contribution in [2.45, 2.75) is 45.7 Å². The second-order valence-electron chi connectivity index (χ2n) is 6.98. The summed E-state index contributed by atoms with van der Waals surface area (Å²) >= 11 is 0. The second kappa shape index (κ2) is 6.34. The quantitative estimate of drug-likeness (QED) is 0.778. The van der Waals surface area contributed by atoms with Crippen LogP contribution in [0, 0.1) is 11.8 Å². The van der Waals surface area contributed by atoms with Gasteiger partial charge in [0.15, 0.2) is 0 Å². The Hall–Kier alpha value is -1.10. The normalized spacial score (nSPS) is 30.0. The molecular weight excluding hydrogens is 266 g/mol. The molecule has 0 N–H and O–H groups in total. The second-order valence-corrected chi connectivity index (χ2v) is 6.98. The molecule has 5 heteroatoms. The van der Waals surface area contributed by atoms with Crippen LogP contribution < -0.4 is 0 Å². The van der Waals surface area contributed by atoms with E-state index >= 15 is 0 Å². The Morgan fingerprint density at radius 1 is 1.29 bits per heavy atom. The van der Waals surface area contributed by atoms with E-state index < -0.39 is 0 Å². The Balaban J connectivity index is 2.00. The maximum absolute atomic E-state index is 12.7. The van der Waals surface area contributed by atoms with Crippen molar-refractivity contribution in [3.63, 3.8) is 0 Å². The third-order valence-corrected chi connectivity index (χ3v) is 5.04. The van der Waals surface area contributed by atoms with Gasteiger partial charge in [0, 0.05) is 38.1 Å². The summed E-state index contributed by atoms with van der Waals surface area (Å²) in [6.45, 7) is 8.44. The molecule has 0 aliphatic carbocycles. The van der Waals surface area contributed by atoms with Crippen molar-refractivity contribution >= 4 is 11.8 Å². The summed E-state index contributed by atoms with van der Waals surface area (Å²) in [5, 5.41) is 0. The number of hydrogen-bond acceptors (Lipinski definition) is 3. The highest BCUT2D eigenvalue weighted by Gasteiger charge is 2.41. The fourth-order valence-corrected chi connectivity index (χ4v) is 3.67. The van der Waals surface area contributed by atoms with Gasteiger partial charge in [-0.2, -0.15) is 0 Å². The third-order valence-electron chi connectivity index (χ3n) is 5.04. The number of likely N-dealkylation sites (tertiary alicyclic amines) is 2. The van der Waals surface area contributed by atoms with Gasteiger partial charge in [-0.1, -0.05) is 13.3 Å². The highest BCUT2D eigenvalue weighted by atomic mass is 16.2. The number of rotatable bonds is 4. The third kappa shape index (κ3) is 3.23. The molecule has 2 aliphatic heterocycles. The Morgan fingerprint density at radius 3 is 2.38 bits per heavy atom. The maximum atomic E-state index is 12.7. The molecule has 0 saturated carbocycles. The molecule has 0 radical (unpaired) electrons. The number of carbonyl (C=O) groups excluding carboxylic acids is 2. The molecule has 2 rings (SSSR count). The Kier molecular flexibility index (Phi) is 4.91. The molecule has 0 spiro atoms.